The fraction of sp³-hybridized carbons (Fsp3) is 0.647. The normalized spacial score (nSPS) is 22.9. The van der Waals surface area contributed by atoms with Crippen molar-refractivity contribution in [3.05, 3.63) is 29.8 Å². The number of benzene rings is 1. The van der Waals surface area contributed by atoms with E-state index >= 15 is 0 Å². The summed E-state index contributed by atoms with van der Waals surface area (Å²) in [7, 11) is 1.74. The molecule has 0 atom stereocenters. The van der Waals surface area contributed by atoms with Crippen LogP contribution in [-0.4, -0.2) is 37.2 Å². The molecule has 1 saturated carbocycles. The number of piperazine rings is 1. The number of ether oxygens (including phenoxy) is 1. The standard InChI is InChI=1S/C17H26N2O/c1-20-16-7-5-6-15(12-16)13-19-11-10-18-17(14-19)8-3-2-4-9-17/h5-7,12,18H,2-4,8-11,13-14H2,1H3. The van der Waals surface area contributed by atoms with Crippen molar-refractivity contribution in [3.63, 3.8) is 0 Å². The van der Waals surface area contributed by atoms with E-state index in [2.05, 4.69) is 28.4 Å². The maximum absolute atomic E-state index is 5.32. The highest BCUT2D eigenvalue weighted by Crippen LogP contribution is 2.31. The topological polar surface area (TPSA) is 24.5 Å². The van der Waals surface area contributed by atoms with Crippen LogP contribution in [0.5, 0.6) is 5.75 Å². The Bertz CT molecular complexity index is 435. The first-order valence-electron chi connectivity index (χ1n) is 7.90. The van der Waals surface area contributed by atoms with Gasteiger partial charge in [-0.1, -0.05) is 31.4 Å². The average Bonchev–Trinajstić information content (AvgIpc) is 2.48. The molecule has 0 radical (unpaired) electrons. The highest BCUT2D eigenvalue weighted by Gasteiger charge is 2.35. The van der Waals surface area contributed by atoms with Gasteiger partial charge >= 0.3 is 0 Å². The van der Waals surface area contributed by atoms with E-state index in [1.165, 1.54) is 44.2 Å². The van der Waals surface area contributed by atoms with E-state index in [4.69, 9.17) is 4.74 Å². The molecule has 2 fully saturated rings. The van der Waals surface area contributed by atoms with Crippen LogP contribution in [0.25, 0.3) is 0 Å². The minimum atomic E-state index is 0.398. The molecule has 0 bridgehead atoms. The second kappa shape index (κ2) is 6.15. The van der Waals surface area contributed by atoms with Gasteiger partial charge in [-0.15, -0.1) is 0 Å². The van der Waals surface area contributed by atoms with Gasteiger partial charge in [0.2, 0.25) is 0 Å². The molecule has 1 aromatic rings. The van der Waals surface area contributed by atoms with Crippen molar-refractivity contribution in [2.24, 2.45) is 0 Å². The second-order valence-electron chi connectivity index (χ2n) is 6.33. The zero-order chi connectivity index (χ0) is 13.8. The summed E-state index contributed by atoms with van der Waals surface area (Å²) < 4.78 is 5.32. The quantitative estimate of drug-likeness (QED) is 0.917. The SMILES string of the molecule is COc1cccc(CN2CCNC3(CCCCC3)C2)c1. The van der Waals surface area contributed by atoms with E-state index in [1.807, 2.05) is 6.07 Å². The molecular formula is C17H26N2O. The molecule has 2 aliphatic rings. The molecule has 0 amide bonds. The number of methoxy groups -OCH3 is 1. The van der Waals surface area contributed by atoms with Crippen LogP contribution in [0.4, 0.5) is 0 Å². The van der Waals surface area contributed by atoms with Crippen molar-refractivity contribution >= 4 is 0 Å². The van der Waals surface area contributed by atoms with Crippen LogP contribution in [0.3, 0.4) is 0 Å². The van der Waals surface area contributed by atoms with Crippen LogP contribution in [0.1, 0.15) is 37.7 Å². The first kappa shape index (κ1) is 13.9. The van der Waals surface area contributed by atoms with Crippen LogP contribution >= 0.6 is 0 Å². The first-order chi connectivity index (χ1) is 9.80. The molecule has 1 saturated heterocycles. The molecule has 3 heteroatoms. The summed E-state index contributed by atoms with van der Waals surface area (Å²) in [4.78, 5) is 2.61. The van der Waals surface area contributed by atoms with E-state index in [9.17, 15) is 0 Å². The average molecular weight is 274 g/mol. The van der Waals surface area contributed by atoms with Gasteiger partial charge in [-0.3, -0.25) is 4.90 Å². The van der Waals surface area contributed by atoms with Gasteiger partial charge in [-0.25, -0.2) is 0 Å². The molecule has 1 heterocycles. The summed E-state index contributed by atoms with van der Waals surface area (Å²) >= 11 is 0. The largest absolute Gasteiger partial charge is 0.497 e. The van der Waals surface area contributed by atoms with Crippen LogP contribution in [-0.2, 0) is 6.54 Å². The third-order valence-corrected chi connectivity index (χ3v) is 4.81. The van der Waals surface area contributed by atoms with Crippen molar-refractivity contribution in [2.75, 3.05) is 26.7 Å². The van der Waals surface area contributed by atoms with Gasteiger partial charge in [0.25, 0.3) is 0 Å². The summed E-state index contributed by atoms with van der Waals surface area (Å²) in [6.07, 6.45) is 6.89. The van der Waals surface area contributed by atoms with Gasteiger partial charge in [-0.05, 0) is 30.5 Å². The number of hydrogen-bond acceptors (Lipinski definition) is 3. The molecule has 0 aromatic heterocycles. The first-order valence-corrected chi connectivity index (χ1v) is 7.90. The van der Waals surface area contributed by atoms with Gasteiger partial charge in [0.15, 0.2) is 0 Å². The van der Waals surface area contributed by atoms with Crippen LogP contribution in [0, 0.1) is 0 Å². The molecule has 1 spiro atoms. The van der Waals surface area contributed by atoms with Gasteiger partial charge in [0, 0.05) is 31.7 Å². The van der Waals surface area contributed by atoms with Crippen molar-refractivity contribution in [2.45, 2.75) is 44.2 Å². The van der Waals surface area contributed by atoms with Gasteiger partial charge in [0.1, 0.15) is 5.75 Å². The molecule has 0 unspecified atom stereocenters. The highest BCUT2D eigenvalue weighted by atomic mass is 16.5. The van der Waals surface area contributed by atoms with E-state index < -0.39 is 0 Å². The summed E-state index contributed by atoms with van der Waals surface area (Å²) in [6.45, 7) is 4.52. The van der Waals surface area contributed by atoms with Crippen molar-refractivity contribution in [1.29, 1.82) is 0 Å². The molecule has 110 valence electrons. The van der Waals surface area contributed by atoms with Gasteiger partial charge < -0.3 is 10.1 Å². The third-order valence-electron chi connectivity index (χ3n) is 4.81. The van der Waals surface area contributed by atoms with Crippen molar-refractivity contribution in [1.82, 2.24) is 10.2 Å². The number of rotatable bonds is 3. The molecule has 1 N–H and O–H groups in total. The number of nitrogens with zero attached hydrogens (tertiary/aromatic N) is 1. The Kier molecular flexibility index (Phi) is 4.27. The summed E-state index contributed by atoms with van der Waals surface area (Å²) in [5, 5.41) is 3.81. The number of nitrogens with one attached hydrogen (secondary N) is 1. The smallest absolute Gasteiger partial charge is 0.119 e. The fourth-order valence-electron chi connectivity index (χ4n) is 3.77. The van der Waals surface area contributed by atoms with Crippen LogP contribution in [0.2, 0.25) is 0 Å². The maximum Gasteiger partial charge on any atom is 0.119 e. The maximum atomic E-state index is 5.32. The Morgan fingerprint density at radius 2 is 2.10 bits per heavy atom. The minimum absolute atomic E-state index is 0.398. The number of hydrogen-bond donors (Lipinski definition) is 1. The monoisotopic (exact) mass is 274 g/mol. The molecular weight excluding hydrogens is 248 g/mol. The predicted octanol–water partition coefficient (Wildman–Crippen LogP) is 2.80. The van der Waals surface area contributed by atoms with Gasteiger partial charge in [-0.2, -0.15) is 0 Å². The summed E-state index contributed by atoms with van der Waals surface area (Å²) in [5.41, 5.74) is 1.76. The van der Waals surface area contributed by atoms with E-state index in [0.717, 1.165) is 25.4 Å². The zero-order valence-corrected chi connectivity index (χ0v) is 12.5. The second-order valence-corrected chi connectivity index (χ2v) is 6.33. The lowest BCUT2D eigenvalue weighted by Gasteiger charge is -2.46. The Balaban J connectivity index is 1.64. The Labute approximate surface area is 122 Å². The van der Waals surface area contributed by atoms with E-state index in [0.29, 0.717) is 5.54 Å². The molecule has 1 aromatic carbocycles. The van der Waals surface area contributed by atoms with Crippen molar-refractivity contribution < 1.29 is 4.74 Å². The third kappa shape index (κ3) is 3.15. The van der Waals surface area contributed by atoms with Crippen LogP contribution < -0.4 is 10.1 Å². The molecule has 3 nitrogen and oxygen atoms in total. The summed E-state index contributed by atoms with van der Waals surface area (Å²) in [6, 6.07) is 8.48. The molecule has 1 aliphatic heterocycles. The van der Waals surface area contributed by atoms with Gasteiger partial charge in [0.05, 0.1) is 7.11 Å². The summed E-state index contributed by atoms with van der Waals surface area (Å²) in [5.74, 6) is 0.963. The molecule has 20 heavy (non-hydrogen) atoms. The lowest BCUT2D eigenvalue weighted by Crippen LogP contribution is -2.60. The Hall–Kier alpha value is -1.06. The lowest BCUT2D eigenvalue weighted by molar-refractivity contribution is 0.0945. The fourth-order valence-corrected chi connectivity index (χ4v) is 3.77. The zero-order valence-electron chi connectivity index (χ0n) is 12.5. The Morgan fingerprint density at radius 3 is 2.90 bits per heavy atom. The highest BCUT2D eigenvalue weighted by molar-refractivity contribution is 5.28. The minimum Gasteiger partial charge on any atom is -0.497 e. The van der Waals surface area contributed by atoms with Crippen molar-refractivity contribution in [3.8, 4) is 5.75 Å². The molecule has 1 aliphatic carbocycles. The van der Waals surface area contributed by atoms with Crippen LogP contribution in [0.15, 0.2) is 24.3 Å². The Morgan fingerprint density at radius 1 is 1.25 bits per heavy atom. The van der Waals surface area contributed by atoms with E-state index in [-0.39, 0.29) is 0 Å². The lowest BCUT2D eigenvalue weighted by atomic mass is 9.80. The predicted molar refractivity (Wildman–Crippen MR) is 82.1 cm³/mol. The van der Waals surface area contributed by atoms with E-state index in [1.54, 1.807) is 7.11 Å². The molecule has 3 rings (SSSR count).